The van der Waals surface area contributed by atoms with E-state index in [-0.39, 0.29) is 18.4 Å². The van der Waals surface area contributed by atoms with Crippen LogP contribution in [0.3, 0.4) is 0 Å². The van der Waals surface area contributed by atoms with Crippen molar-refractivity contribution in [3.8, 4) is 0 Å². The molecule has 7 nitrogen and oxygen atoms in total. The quantitative estimate of drug-likeness (QED) is 0.665. The number of amides is 3. The molecule has 2 N–H and O–H groups in total. The summed E-state index contributed by atoms with van der Waals surface area (Å²) < 4.78 is 0. The topological polar surface area (TPSA) is 90.0 Å². The molecular weight excluding hydrogens is 258 g/mol. The van der Waals surface area contributed by atoms with E-state index in [9.17, 15) is 14.4 Å². The van der Waals surface area contributed by atoms with Crippen molar-refractivity contribution in [1.82, 2.24) is 15.1 Å². The van der Waals surface area contributed by atoms with Crippen LogP contribution in [0.1, 0.15) is 6.42 Å². The molecule has 0 spiro atoms. The monoisotopic (exact) mass is 273 g/mol. The highest BCUT2D eigenvalue weighted by Crippen LogP contribution is 2.22. The number of urea groups is 1. The first kappa shape index (κ1) is 13.0. The van der Waals surface area contributed by atoms with Gasteiger partial charge >= 0.3 is 12.0 Å². The third-order valence-corrected chi connectivity index (χ3v) is 4.01. The van der Waals surface area contributed by atoms with Gasteiger partial charge in [-0.05, 0) is 0 Å². The van der Waals surface area contributed by atoms with Crippen molar-refractivity contribution in [2.75, 3.05) is 31.3 Å². The molecule has 0 saturated carbocycles. The van der Waals surface area contributed by atoms with Crippen LogP contribution in [0, 0.1) is 0 Å². The third kappa shape index (κ3) is 2.69. The molecule has 2 aliphatic rings. The van der Waals surface area contributed by atoms with E-state index in [1.165, 1.54) is 16.7 Å². The molecule has 0 aromatic heterocycles. The van der Waals surface area contributed by atoms with Crippen molar-refractivity contribution < 1.29 is 19.5 Å². The molecule has 18 heavy (non-hydrogen) atoms. The number of carbonyl (C=O) groups excluding carboxylic acids is 2. The largest absolute Gasteiger partial charge is 0.480 e. The summed E-state index contributed by atoms with van der Waals surface area (Å²) >= 11 is 1.43. The van der Waals surface area contributed by atoms with Crippen molar-refractivity contribution in [3.63, 3.8) is 0 Å². The fourth-order valence-electron chi connectivity index (χ4n) is 1.98. The normalized spacial score (nSPS) is 24.7. The van der Waals surface area contributed by atoms with Gasteiger partial charge < -0.3 is 20.2 Å². The number of hydrogen-bond donors (Lipinski definition) is 2. The highest BCUT2D eigenvalue weighted by Gasteiger charge is 2.37. The van der Waals surface area contributed by atoms with Gasteiger partial charge in [0.25, 0.3) is 0 Å². The van der Waals surface area contributed by atoms with Crippen LogP contribution in [-0.2, 0) is 9.59 Å². The zero-order valence-electron chi connectivity index (χ0n) is 9.79. The van der Waals surface area contributed by atoms with Crippen LogP contribution in [0.5, 0.6) is 0 Å². The third-order valence-electron chi connectivity index (χ3n) is 3.00. The molecule has 1 atom stereocenters. The fourth-order valence-corrected chi connectivity index (χ4v) is 3.11. The first-order valence-electron chi connectivity index (χ1n) is 5.72. The van der Waals surface area contributed by atoms with Gasteiger partial charge in [0.15, 0.2) is 0 Å². The Morgan fingerprint density at radius 2 is 2.17 bits per heavy atom. The summed E-state index contributed by atoms with van der Waals surface area (Å²) in [5.41, 5.74) is 0. The van der Waals surface area contributed by atoms with Crippen LogP contribution >= 0.6 is 11.8 Å². The molecule has 2 rings (SSSR count). The van der Waals surface area contributed by atoms with Gasteiger partial charge in [-0.2, -0.15) is 0 Å². The van der Waals surface area contributed by atoms with Crippen molar-refractivity contribution in [3.05, 3.63) is 0 Å². The maximum Gasteiger partial charge on any atom is 0.327 e. The molecule has 2 aliphatic heterocycles. The van der Waals surface area contributed by atoms with Gasteiger partial charge in [0.1, 0.15) is 6.04 Å². The molecule has 0 aromatic rings. The molecule has 2 saturated heterocycles. The fraction of sp³-hybridized carbons (Fsp3) is 0.700. The number of carboxylic acid groups (broad SMARTS) is 1. The Morgan fingerprint density at radius 3 is 2.89 bits per heavy atom. The summed E-state index contributed by atoms with van der Waals surface area (Å²) in [6, 6.07) is -1.04. The van der Waals surface area contributed by atoms with E-state index < -0.39 is 12.0 Å². The number of carbonyl (C=O) groups is 3. The van der Waals surface area contributed by atoms with Crippen molar-refractivity contribution in [1.29, 1.82) is 0 Å². The molecule has 3 amide bonds. The second kappa shape index (κ2) is 5.47. The van der Waals surface area contributed by atoms with Gasteiger partial charge in [0.05, 0.1) is 5.88 Å². The number of aliphatic carboxylic acids is 1. The highest BCUT2D eigenvalue weighted by atomic mass is 32.2. The number of carboxylic acids is 1. The van der Waals surface area contributed by atoms with E-state index in [0.29, 0.717) is 31.3 Å². The Kier molecular flexibility index (Phi) is 3.95. The van der Waals surface area contributed by atoms with E-state index in [4.69, 9.17) is 5.11 Å². The zero-order chi connectivity index (χ0) is 13.1. The Bertz CT molecular complexity index is 376. The van der Waals surface area contributed by atoms with Gasteiger partial charge in [-0.3, -0.25) is 4.79 Å². The summed E-state index contributed by atoms with van der Waals surface area (Å²) in [6.07, 6.45) is 0.268. The Hall–Kier alpha value is -1.44. The predicted octanol–water partition coefficient (Wildman–Crippen LogP) is -0.612. The summed E-state index contributed by atoms with van der Waals surface area (Å²) in [5.74, 6) is -0.229. The van der Waals surface area contributed by atoms with Gasteiger partial charge in [-0.25, -0.2) is 9.59 Å². The SMILES string of the molecule is O=C1CCN(C(=O)N2CSC[C@H]2C(=O)O)CCN1. The van der Waals surface area contributed by atoms with Crippen molar-refractivity contribution in [2.45, 2.75) is 12.5 Å². The average Bonchev–Trinajstić information content (AvgIpc) is 2.72. The molecule has 0 aliphatic carbocycles. The lowest BCUT2D eigenvalue weighted by Crippen LogP contribution is -2.49. The summed E-state index contributed by atoms with van der Waals surface area (Å²) in [6.45, 7) is 1.19. The van der Waals surface area contributed by atoms with Crippen LogP contribution < -0.4 is 5.32 Å². The molecule has 0 bridgehead atoms. The molecule has 0 radical (unpaired) electrons. The molecule has 0 unspecified atom stereocenters. The van der Waals surface area contributed by atoms with Crippen LogP contribution in [0.4, 0.5) is 4.79 Å². The lowest BCUT2D eigenvalue weighted by molar-refractivity contribution is -0.141. The Labute approximate surface area is 108 Å². The minimum absolute atomic E-state index is 0.0733. The first-order valence-corrected chi connectivity index (χ1v) is 6.88. The minimum Gasteiger partial charge on any atom is -0.480 e. The van der Waals surface area contributed by atoms with E-state index in [1.807, 2.05) is 0 Å². The van der Waals surface area contributed by atoms with Gasteiger partial charge in [0.2, 0.25) is 5.91 Å². The van der Waals surface area contributed by atoms with Crippen molar-refractivity contribution in [2.24, 2.45) is 0 Å². The van der Waals surface area contributed by atoms with E-state index in [1.54, 1.807) is 4.90 Å². The number of nitrogens with one attached hydrogen (secondary N) is 1. The van der Waals surface area contributed by atoms with Crippen LogP contribution in [0.25, 0.3) is 0 Å². The summed E-state index contributed by atoms with van der Waals surface area (Å²) in [4.78, 5) is 37.3. The Morgan fingerprint density at radius 1 is 1.39 bits per heavy atom. The number of rotatable bonds is 1. The van der Waals surface area contributed by atoms with E-state index >= 15 is 0 Å². The second-order valence-electron chi connectivity index (χ2n) is 4.19. The zero-order valence-corrected chi connectivity index (χ0v) is 10.6. The van der Waals surface area contributed by atoms with Gasteiger partial charge in [-0.1, -0.05) is 0 Å². The molecule has 2 fully saturated rings. The number of thioether (sulfide) groups is 1. The lowest BCUT2D eigenvalue weighted by atomic mass is 10.3. The number of hydrogen-bond acceptors (Lipinski definition) is 4. The second-order valence-corrected chi connectivity index (χ2v) is 5.19. The molecular formula is C10H15N3O4S. The number of nitrogens with zero attached hydrogens (tertiary/aromatic N) is 2. The lowest BCUT2D eigenvalue weighted by Gasteiger charge is -2.28. The van der Waals surface area contributed by atoms with Gasteiger partial charge in [-0.15, -0.1) is 11.8 Å². The summed E-state index contributed by atoms with van der Waals surface area (Å²) in [5, 5.41) is 11.7. The minimum atomic E-state index is -0.975. The standard InChI is InChI=1S/C10H15N3O4S/c14-8-1-3-12(4-2-11-8)10(17)13-6-18-5-7(13)9(15)16/h7H,1-6H2,(H,11,14)(H,15,16)/t7-/m0/s1. The molecule has 8 heteroatoms. The first-order chi connectivity index (χ1) is 8.59. The average molecular weight is 273 g/mol. The van der Waals surface area contributed by atoms with Crippen molar-refractivity contribution >= 4 is 29.7 Å². The molecule has 2 heterocycles. The van der Waals surface area contributed by atoms with E-state index in [2.05, 4.69) is 5.32 Å². The Balaban J connectivity index is 2.01. The van der Waals surface area contributed by atoms with Crippen LogP contribution in [0.15, 0.2) is 0 Å². The molecule has 100 valence electrons. The maximum atomic E-state index is 12.2. The van der Waals surface area contributed by atoms with Gasteiger partial charge in [0, 0.05) is 31.8 Å². The summed E-state index contributed by atoms with van der Waals surface area (Å²) in [7, 11) is 0. The maximum absolute atomic E-state index is 12.2. The molecule has 0 aromatic carbocycles. The van der Waals surface area contributed by atoms with Crippen LogP contribution in [0.2, 0.25) is 0 Å². The smallest absolute Gasteiger partial charge is 0.327 e. The van der Waals surface area contributed by atoms with E-state index in [0.717, 1.165) is 0 Å². The highest BCUT2D eigenvalue weighted by molar-refractivity contribution is 7.99. The predicted molar refractivity (Wildman–Crippen MR) is 65.2 cm³/mol. The van der Waals surface area contributed by atoms with Crippen LogP contribution in [-0.4, -0.2) is 70.1 Å².